The van der Waals surface area contributed by atoms with Crippen LogP contribution in [0, 0.1) is 11.7 Å². The third-order valence-electron chi connectivity index (χ3n) is 5.96. The fraction of sp³-hybridized carbons (Fsp3) is 0.409. The topological polar surface area (TPSA) is 89.6 Å². The summed E-state index contributed by atoms with van der Waals surface area (Å²) in [5, 5.41) is 4.71. The number of hydrogen-bond acceptors (Lipinski definition) is 5. The van der Waals surface area contributed by atoms with Gasteiger partial charge >= 0.3 is 12.8 Å². The number of pyridine rings is 1. The second-order valence-electron chi connectivity index (χ2n) is 8.02. The molecule has 0 spiro atoms. The molecular formula is C22H21F6N3O4. The molecule has 1 fully saturated rings. The van der Waals surface area contributed by atoms with Gasteiger partial charge < -0.3 is 20.1 Å². The maximum Gasteiger partial charge on any atom is 0.417 e. The first-order chi connectivity index (χ1) is 16.3. The molecule has 1 aromatic heterocycles. The second kappa shape index (κ2) is 9.72. The van der Waals surface area contributed by atoms with Gasteiger partial charge in [0.1, 0.15) is 23.4 Å². The number of benzene rings is 1. The van der Waals surface area contributed by atoms with Crippen LogP contribution in [0.5, 0.6) is 5.75 Å². The van der Waals surface area contributed by atoms with E-state index < -0.39 is 59.7 Å². The number of aromatic nitrogens is 1. The molecule has 4 atom stereocenters. The molecule has 13 heteroatoms. The molecule has 0 saturated carbocycles. The van der Waals surface area contributed by atoms with Gasteiger partial charge in [0, 0.05) is 42.4 Å². The molecule has 4 unspecified atom stereocenters. The zero-order valence-corrected chi connectivity index (χ0v) is 18.6. The summed E-state index contributed by atoms with van der Waals surface area (Å²) in [7, 11) is 1.35. The summed E-state index contributed by atoms with van der Waals surface area (Å²) in [6.07, 6.45) is -5.57. The number of halogens is 6. The molecule has 3 rings (SSSR count). The Kier molecular flexibility index (Phi) is 7.29. The van der Waals surface area contributed by atoms with Crippen molar-refractivity contribution < 1.29 is 45.4 Å². The lowest BCUT2D eigenvalue weighted by atomic mass is 9.77. The molecule has 1 aliphatic heterocycles. The van der Waals surface area contributed by atoms with Crippen molar-refractivity contribution in [1.82, 2.24) is 10.3 Å². The van der Waals surface area contributed by atoms with E-state index in [9.17, 15) is 35.9 Å². The quantitative estimate of drug-likeness (QED) is 0.573. The third-order valence-corrected chi connectivity index (χ3v) is 5.96. The van der Waals surface area contributed by atoms with Gasteiger partial charge in [0.2, 0.25) is 0 Å². The molecular weight excluding hydrogens is 484 g/mol. The van der Waals surface area contributed by atoms with Crippen molar-refractivity contribution in [3.05, 3.63) is 53.6 Å². The maximum atomic E-state index is 14.0. The number of ether oxygens (including phenoxy) is 2. The summed E-state index contributed by atoms with van der Waals surface area (Å²) < 4.78 is 91.2. The zero-order chi connectivity index (χ0) is 26.1. The van der Waals surface area contributed by atoms with E-state index in [0.29, 0.717) is 6.07 Å². The molecule has 1 aliphatic rings. The van der Waals surface area contributed by atoms with E-state index in [1.165, 1.54) is 25.4 Å². The van der Waals surface area contributed by atoms with E-state index in [4.69, 9.17) is 4.74 Å². The Morgan fingerprint density at radius 2 is 1.89 bits per heavy atom. The summed E-state index contributed by atoms with van der Waals surface area (Å²) in [5.41, 5.74) is -3.15. The Balaban J connectivity index is 2.04. The van der Waals surface area contributed by atoms with Gasteiger partial charge in [0.05, 0.1) is 0 Å². The number of amides is 2. The van der Waals surface area contributed by atoms with Crippen LogP contribution in [0.3, 0.4) is 0 Å². The molecule has 1 aromatic carbocycles. The minimum Gasteiger partial charge on any atom is -0.434 e. The normalized spacial score (nSPS) is 24.3. The summed E-state index contributed by atoms with van der Waals surface area (Å²) in [5.74, 6) is -6.21. The second-order valence-corrected chi connectivity index (χ2v) is 8.02. The largest absolute Gasteiger partial charge is 0.434 e. The van der Waals surface area contributed by atoms with Crippen LogP contribution in [0.15, 0.2) is 36.5 Å². The Morgan fingerprint density at radius 1 is 1.20 bits per heavy atom. The Bertz CT molecular complexity index is 1110. The van der Waals surface area contributed by atoms with Crippen LogP contribution in [0.4, 0.5) is 32.0 Å². The van der Waals surface area contributed by atoms with Crippen LogP contribution in [0.2, 0.25) is 0 Å². The monoisotopic (exact) mass is 505 g/mol. The average Bonchev–Trinajstić information content (AvgIpc) is 3.05. The fourth-order valence-electron chi connectivity index (χ4n) is 3.98. The first-order valence-electron chi connectivity index (χ1n) is 10.3. The number of nitrogens with zero attached hydrogens (tertiary/aromatic N) is 1. The number of carbonyl (C=O) groups is 2. The highest BCUT2D eigenvalue weighted by atomic mass is 19.4. The molecule has 190 valence electrons. The maximum absolute atomic E-state index is 14.0. The predicted octanol–water partition coefficient (Wildman–Crippen LogP) is 4.26. The SMILES string of the molecule is CNC(=O)c1cc(NC(=O)C2OC(C)(C(F)(F)F)C(C)C2c2ccc(F)cc2OC(F)F)ccn1. The van der Waals surface area contributed by atoms with Gasteiger partial charge in [0.15, 0.2) is 5.60 Å². The Hall–Kier alpha value is -3.35. The van der Waals surface area contributed by atoms with Gasteiger partial charge in [-0.1, -0.05) is 13.0 Å². The summed E-state index contributed by atoms with van der Waals surface area (Å²) in [6, 6.07) is 4.93. The molecule has 35 heavy (non-hydrogen) atoms. The van der Waals surface area contributed by atoms with Crippen LogP contribution in [0.1, 0.15) is 35.8 Å². The van der Waals surface area contributed by atoms with E-state index in [2.05, 4.69) is 20.4 Å². The molecule has 1 saturated heterocycles. The van der Waals surface area contributed by atoms with Crippen LogP contribution >= 0.6 is 0 Å². The number of rotatable bonds is 6. The van der Waals surface area contributed by atoms with Crippen LogP contribution in [-0.2, 0) is 9.53 Å². The molecule has 2 N–H and O–H groups in total. The Labute approximate surface area is 195 Å². The van der Waals surface area contributed by atoms with Gasteiger partial charge in [-0.2, -0.15) is 22.0 Å². The Morgan fingerprint density at radius 3 is 2.49 bits per heavy atom. The lowest BCUT2D eigenvalue weighted by molar-refractivity contribution is -0.272. The molecule has 0 radical (unpaired) electrons. The minimum atomic E-state index is -4.94. The van der Waals surface area contributed by atoms with Crippen molar-refractivity contribution in [2.24, 2.45) is 5.92 Å². The first-order valence-corrected chi connectivity index (χ1v) is 10.3. The highest BCUT2D eigenvalue weighted by molar-refractivity contribution is 5.97. The van der Waals surface area contributed by atoms with Crippen molar-refractivity contribution in [3.63, 3.8) is 0 Å². The highest BCUT2D eigenvalue weighted by Crippen LogP contribution is 2.54. The average molecular weight is 505 g/mol. The lowest BCUT2D eigenvalue weighted by Gasteiger charge is -2.32. The van der Waals surface area contributed by atoms with Gasteiger partial charge in [-0.3, -0.25) is 14.6 Å². The molecule has 2 heterocycles. The van der Waals surface area contributed by atoms with Gasteiger partial charge in [0.25, 0.3) is 11.8 Å². The summed E-state index contributed by atoms with van der Waals surface area (Å²) in [4.78, 5) is 28.7. The molecule has 2 aromatic rings. The van der Waals surface area contributed by atoms with Crippen molar-refractivity contribution in [1.29, 1.82) is 0 Å². The van der Waals surface area contributed by atoms with Crippen molar-refractivity contribution in [3.8, 4) is 5.75 Å². The number of nitrogens with one attached hydrogen (secondary N) is 2. The van der Waals surface area contributed by atoms with E-state index >= 15 is 0 Å². The third kappa shape index (κ3) is 5.19. The van der Waals surface area contributed by atoms with E-state index in [0.717, 1.165) is 26.0 Å². The molecule has 0 aliphatic carbocycles. The molecule has 7 nitrogen and oxygen atoms in total. The summed E-state index contributed by atoms with van der Waals surface area (Å²) >= 11 is 0. The lowest BCUT2D eigenvalue weighted by Crippen LogP contribution is -2.47. The molecule has 0 bridgehead atoms. The van der Waals surface area contributed by atoms with E-state index in [-0.39, 0.29) is 16.9 Å². The van der Waals surface area contributed by atoms with Crippen LogP contribution in [-0.4, -0.2) is 48.3 Å². The van der Waals surface area contributed by atoms with Crippen molar-refractivity contribution >= 4 is 17.5 Å². The highest BCUT2D eigenvalue weighted by Gasteiger charge is 2.65. The van der Waals surface area contributed by atoms with Gasteiger partial charge in [-0.05, 0) is 25.1 Å². The van der Waals surface area contributed by atoms with Crippen LogP contribution < -0.4 is 15.4 Å². The van der Waals surface area contributed by atoms with E-state index in [1.807, 2.05) is 0 Å². The van der Waals surface area contributed by atoms with Gasteiger partial charge in [-0.25, -0.2) is 4.39 Å². The fourth-order valence-corrected chi connectivity index (χ4v) is 3.98. The number of hydrogen-bond donors (Lipinski definition) is 2. The number of anilines is 1. The number of alkyl halides is 5. The number of carbonyl (C=O) groups excluding carboxylic acids is 2. The van der Waals surface area contributed by atoms with E-state index in [1.54, 1.807) is 0 Å². The molecule has 2 amide bonds. The zero-order valence-electron chi connectivity index (χ0n) is 18.6. The van der Waals surface area contributed by atoms with Crippen LogP contribution in [0.25, 0.3) is 0 Å². The van der Waals surface area contributed by atoms with Gasteiger partial charge in [-0.15, -0.1) is 0 Å². The minimum absolute atomic E-state index is 0.0300. The van der Waals surface area contributed by atoms with Crippen molar-refractivity contribution in [2.45, 2.75) is 44.3 Å². The smallest absolute Gasteiger partial charge is 0.417 e. The standard InChI is InChI=1S/C22H21F6N3O4/c1-10-16(13-5-4-11(23)8-15(13)34-20(24)25)17(35-21(10,2)22(26,27)28)19(33)31-12-6-7-30-14(9-12)18(32)29-3/h4-10,16-17,20H,1-3H3,(H,29,32)(H,30,31,33). The predicted molar refractivity (Wildman–Crippen MR) is 111 cm³/mol. The first kappa shape index (κ1) is 26.3. The summed E-state index contributed by atoms with van der Waals surface area (Å²) in [6.45, 7) is -1.50. The van der Waals surface area contributed by atoms with Crippen molar-refractivity contribution in [2.75, 3.05) is 12.4 Å².